The third-order valence-corrected chi connectivity index (χ3v) is 2.45. The van der Waals surface area contributed by atoms with Gasteiger partial charge in [-0.3, -0.25) is 0 Å². The van der Waals surface area contributed by atoms with Crippen LogP contribution in [0.1, 0.15) is 26.7 Å². The molecule has 1 aliphatic carbocycles. The zero-order valence-electron chi connectivity index (χ0n) is 7.18. The quantitative estimate of drug-likeness (QED) is 0.620. The Morgan fingerprint density at radius 3 is 2.73 bits per heavy atom. The lowest BCUT2D eigenvalue weighted by atomic mass is 9.81. The molecule has 11 heavy (non-hydrogen) atoms. The van der Waals surface area contributed by atoms with Crippen molar-refractivity contribution in [2.24, 2.45) is 17.6 Å². The highest BCUT2D eigenvalue weighted by atomic mass is 19.1. The minimum Gasteiger partial charge on any atom is -0.327 e. The summed E-state index contributed by atoms with van der Waals surface area (Å²) in [5.41, 5.74) is 5.79. The van der Waals surface area contributed by atoms with Crippen molar-refractivity contribution < 1.29 is 4.39 Å². The fraction of sp³-hybridized carbons (Fsp3) is 0.778. The molecular formula is C9H16FN. The molecule has 1 aliphatic rings. The highest BCUT2D eigenvalue weighted by Crippen LogP contribution is 2.28. The second-order valence-electron chi connectivity index (χ2n) is 3.66. The first-order valence-corrected chi connectivity index (χ1v) is 4.21. The number of hydrogen-bond donors (Lipinski definition) is 1. The van der Waals surface area contributed by atoms with E-state index in [0.717, 1.165) is 6.42 Å². The molecule has 2 N–H and O–H groups in total. The van der Waals surface area contributed by atoms with Gasteiger partial charge in [0.1, 0.15) is 0 Å². The van der Waals surface area contributed by atoms with E-state index in [4.69, 9.17) is 5.73 Å². The predicted molar refractivity (Wildman–Crippen MR) is 44.7 cm³/mol. The van der Waals surface area contributed by atoms with Crippen LogP contribution >= 0.6 is 0 Å². The van der Waals surface area contributed by atoms with Crippen molar-refractivity contribution in [3.63, 3.8) is 0 Å². The van der Waals surface area contributed by atoms with Crippen LogP contribution in [0.4, 0.5) is 4.39 Å². The van der Waals surface area contributed by atoms with Crippen molar-refractivity contribution in [1.29, 1.82) is 0 Å². The Morgan fingerprint density at radius 2 is 2.27 bits per heavy atom. The molecule has 0 spiro atoms. The van der Waals surface area contributed by atoms with E-state index in [-0.39, 0.29) is 11.9 Å². The second-order valence-corrected chi connectivity index (χ2v) is 3.66. The molecule has 0 heterocycles. The zero-order chi connectivity index (χ0) is 8.43. The molecule has 0 radical (unpaired) electrons. The average molecular weight is 157 g/mol. The monoisotopic (exact) mass is 157 g/mol. The molecule has 1 nitrogen and oxygen atoms in total. The minimum atomic E-state index is -0.0330. The van der Waals surface area contributed by atoms with Crippen LogP contribution in [0, 0.1) is 11.8 Å². The van der Waals surface area contributed by atoms with E-state index < -0.39 is 0 Å². The van der Waals surface area contributed by atoms with Crippen molar-refractivity contribution in [1.82, 2.24) is 0 Å². The number of rotatable bonds is 1. The highest BCUT2D eigenvalue weighted by Gasteiger charge is 2.24. The molecular weight excluding hydrogens is 141 g/mol. The van der Waals surface area contributed by atoms with Crippen LogP contribution in [-0.2, 0) is 0 Å². The Balaban J connectivity index is 2.58. The van der Waals surface area contributed by atoms with E-state index in [1.807, 2.05) is 0 Å². The number of nitrogens with two attached hydrogens (primary N) is 1. The van der Waals surface area contributed by atoms with Crippen LogP contribution in [-0.4, -0.2) is 6.04 Å². The van der Waals surface area contributed by atoms with E-state index in [1.165, 1.54) is 0 Å². The smallest absolute Gasteiger partial charge is 0.0975 e. The van der Waals surface area contributed by atoms with E-state index in [0.29, 0.717) is 18.3 Å². The van der Waals surface area contributed by atoms with Crippen molar-refractivity contribution in [2.75, 3.05) is 0 Å². The van der Waals surface area contributed by atoms with Gasteiger partial charge in [0.15, 0.2) is 0 Å². The highest BCUT2D eigenvalue weighted by molar-refractivity contribution is 5.03. The van der Waals surface area contributed by atoms with Gasteiger partial charge in [-0.15, -0.1) is 0 Å². The maximum absolute atomic E-state index is 12.7. The lowest BCUT2D eigenvalue weighted by Crippen LogP contribution is -2.35. The van der Waals surface area contributed by atoms with Crippen LogP contribution in [0.2, 0.25) is 0 Å². The van der Waals surface area contributed by atoms with Crippen LogP contribution < -0.4 is 5.73 Å². The Labute approximate surface area is 67.5 Å². The molecule has 2 heteroatoms. The molecule has 1 rings (SSSR count). The van der Waals surface area contributed by atoms with Gasteiger partial charge in [-0.25, -0.2) is 4.39 Å². The minimum absolute atomic E-state index is 0.0278. The van der Waals surface area contributed by atoms with Crippen LogP contribution in [0.15, 0.2) is 11.9 Å². The van der Waals surface area contributed by atoms with Gasteiger partial charge in [0.25, 0.3) is 0 Å². The van der Waals surface area contributed by atoms with Crippen molar-refractivity contribution in [3.8, 4) is 0 Å². The van der Waals surface area contributed by atoms with Crippen molar-refractivity contribution >= 4 is 0 Å². The van der Waals surface area contributed by atoms with Gasteiger partial charge >= 0.3 is 0 Å². The normalized spacial score (nSPS) is 32.3. The average Bonchev–Trinajstić information content (AvgIpc) is 1.85. The topological polar surface area (TPSA) is 26.0 Å². The summed E-state index contributed by atoms with van der Waals surface area (Å²) in [5, 5.41) is 0. The number of hydrogen-bond acceptors (Lipinski definition) is 1. The fourth-order valence-corrected chi connectivity index (χ4v) is 1.67. The van der Waals surface area contributed by atoms with Crippen LogP contribution in [0.5, 0.6) is 0 Å². The Kier molecular flexibility index (Phi) is 2.66. The molecule has 0 saturated heterocycles. The molecule has 0 aromatic rings. The van der Waals surface area contributed by atoms with Gasteiger partial charge in [0, 0.05) is 12.5 Å². The van der Waals surface area contributed by atoms with Crippen LogP contribution in [0.25, 0.3) is 0 Å². The summed E-state index contributed by atoms with van der Waals surface area (Å²) < 4.78 is 12.7. The summed E-state index contributed by atoms with van der Waals surface area (Å²) in [6.07, 6.45) is 2.92. The maximum Gasteiger partial charge on any atom is 0.0975 e. The lowest BCUT2D eigenvalue weighted by molar-refractivity contribution is 0.289. The van der Waals surface area contributed by atoms with Gasteiger partial charge < -0.3 is 5.73 Å². The van der Waals surface area contributed by atoms with Crippen LogP contribution in [0.3, 0.4) is 0 Å². The number of halogens is 1. The molecule has 2 unspecified atom stereocenters. The molecule has 0 fully saturated rings. The first-order valence-electron chi connectivity index (χ1n) is 4.21. The summed E-state index contributed by atoms with van der Waals surface area (Å²) in [6, 6.07) is 0.0278. The third-order valence-electron chi connectivity index (χ3n) is 2.45. The molecule has 0 aliphatic heterocycles. The standard InChI is InChI=1S/C9H16FN/c1-6(2)8-4-3-7(10)5-9(8)11/h3,6,8-9H,4-5,11H2,1-2H3. The third kappa shape index (κ3) is 2.03. The zero-order valence-corrected chi connectivity index (χ0v) is 7.18. The van der Waals surface area contributed by atoms with Gasteiger partial charge in [0.05, 0.1) is 5.83 Å². The van der Waals surface area contributed by atoms with E-state index in [2.05, 4.69) is 13.8 Å². The van der Waals surface area contributed by atoms with Gasteiger partial charge in [-0.1, -0.05) is 19.9 Å². The van der Waals surface area contributed by atoms with Gasteiger partial charge in [0.2, 0.25) is 0 Å². The molecule has 0 aromatic heterocycles. The first kappa shape index (κ1) is 8.72. The Morgan fingerprint density at radius 1 is 1.64 bits per heavy atom. The van der Waals surface area contributed by atoms with E-state index >= 15 is 0 Å². The number of allylic oxidation sites excluding steroid dienone is 1. The maximum atomic E-state index is 12.7. The molecule has 0 amide bonds. The summed E-state index contributed by atoms with van der Waals surface area (Å²) in [7, 11) is 0. The molecule has 0 saturated carbocycles. The van der Waals surface area contributed by atoms with Crippen molar-refractivity contribution in [2.45, 2.75) is 32.7 Å². The van der Waals surface area contributed by atoms with Crippen molar-refractivity contribution in [3.05, 3.63) is 11.9 Å². The predicted octanol–water partition coefficient (Wildman–Crippen LogP) is 2.23. The largest absolute Gasteiger partial charge is 0.327 e. The fourth-order valence-electron chi connectivity index (χ4n) is 1.67. The summed E-state index contributed by atoms with van der Waals surface area (Å²) in [5.74, 6) is 0.998. The molecule has 64 valence electrons. The van der Waals surface area contributed by atoms with E-state index in [9.17, 15) is 4.39 Å². The van der Waals surface area contributed by atoms with E-state index in [1.54, 1.807) is 6.08 Å². The summed E-state index contributed by atoms with van der Waals surface area (Å²) in [4.78, 5) is 0. The summed E-state index contributed by atoms with van der Waals surface area (Å²) in [6.45, 7) is 4.28. The first-order chi connectivity index (χ1) is 5.11. The Bertz CT molecular complexity index is 163. The molecule has 2 atom stereocenters. The SMILES string of the molecule is CC(C)C1CC=C(F)CC1N. The van der Waals surface area contributed by atoms with Gasteiger partial charge in [-0.2, -0.15) is 0 Å². The molecule has 0 aromatic carbocycles. The summed E-state index contributed by atoms with van der Waals surface area (Å²) >= 11 is 0. The van der Waals surface area contributed by atoms with Gasteiger partial charge in [-0.05, 0) is 18.3 Å². The Hall–Kier alpha value is -0.370. The molecule has 0 bridgehead atoms. The second kappa shape index (κ2) is 3.35. The lowest BCUT2D eigenvalue weighted by Gasteiger charge is -2.29.